The molecule has 0 spiro atoms. The van der Waals surface area contributed by atoms with E-state index in [2.05, 4.69) is 0 Å². The third kappa shape index (κ3) is 4.27. The van der Waals surface area contributed by atoms with Crippen LogP contribution < -0.4 is 4.74 Å². The van der Waals surface area contributed by atoms with Gasteiger partial charge < -0.3 is 9.47 Å². The molecule has 0 N–H and O–H groups in total. The first-order valence-corrected chi connectivity index (χ1v) is 7.54. The summed E-state index contributed by atoms with van der Waals surface area (Å²) in [7, 11) is 0.840. The first kappa shape index (κ1) is 23.4. The van der Waals surface area contributed by atoms with Gasteiger partial charge in [0.1, 0.15) is 5.75 Å². The van der Waals surface area contributed by atoms with E-state index in [4.69, 9.17) is 9.47 Å². The second-order valence-electron chi connectivity index (χ2n) is 5.92. The summed E-state index contributed by atoms with van der Waals surface area (Å²) < 4.78 is 127. The van der Waals surface area contributed by atoms with E-state index in [0.717, 1.165) is 26.2 Å². The highest BCUT2D eigenvalue weighted by molar-refractivity contribution is 5.31. The van der Waals surface area contributed by atoms with Crippen LogP contribution in [-0.4, -0.2) is 37.7 Å². The summed E-state index contributed by atoms with van der Waals surface area (Å²) in [4.78, 5) is 0. The van der Waals surface area contributed by atoms with Crippen LogP contribution in [-0.2, 0) is 10.3 Å². The molecule has 11 heteroatoms. The predicted octanol–water partition coefficient (Wildman–Crippen LogP) is 5.81. The van der Waals surface area contributed by atoms with Crippen LogP contribution in [0.15, 0.2) is 24.3 Å². The van der Waals surface area contributed by atoms with Crippen molar-refractivity contribution in [2.24, 2.45) is 0 Å². The van der Waals surface area contributed by atoms with Crippen molar-refractivity contribution < 1.29 is 49.0 Å². The SMILES string of the molecule is CCOc1ccc(C(C)(CC(F)(F)C(F)(F)C(F)(F)C(F)(F)F)OC)cc1. The van der Waals surface area contributed by atoms with Gasteiger partial charge in [0.25, 0.3) is 0 Å². The topological polar surface area (TPSA) is 18.5 Å². The van der Waals surface area contributed by atoms with E-state index < -0.39 is 36.0 Å². The van der Waals surface area contributed by atoms with Crippen LogP contribution in [0.4, 0.5) is 39.5 Å². The Morgan fingerprint density at radius 1 is 0.815 bits per heavy atom. The lowest BCUT2D eigenvalue weighted by Crippen LogP contribution is -2.62. The Hall–Kier alpha value is -1.65. The number of ether oxygens (including phenoxy) is 2. The van der Waals surface area contributed by atoms with E-state index >= 15 is 0 Å². The number of benzene rings is 1. The fourth-order valence-electron chi connectivity index (χ4n) is 2.30. The summed E-state index contributed by atoms with van der Waals surface area (Å²) >= 11 is 0. The molecule has 156 valence electrons. The Kier molecular flexibility index (Phi) is 6.41. The molecule has 0 saturated heterocycles. The van der Waals surface area contributed by atoms with Crippen LogP contribution in [0.25, 0.3) is 0 Å². The predicted molar refractivity (Wildman–Crippen MR) is 77.5 cm³/mol. The number of halogens is 9. The molecule has 1 aromatic rings. The zero-order chi connectivity index (χ0) is 21.3. The van der Waals surface area contributed by atoms with Gasteiger partial charge in [-0.3, -0.25) is 0 Å². The van der Waals surface area contributed by atoms with Gasteiger partial charge in [-0.15, -0.1) is 0 Å². The normalized spacial score (nSPS) is 16.1. The fourth-order valence-corrected chi connectivity index (χ4v) is 2.30. The van der Waals surface area contributed by atoms with E-state index in [-0.39, 0.29) is 12.2 Å². The highest BCUT2D eigenvalue weighted by atomic mass is 19.4. The average molecular weight is 412 g/mol. The zero-order valence-corrected chi connectivity index (χ0v) is 14.4. The monoisotopic (exact) mass is 412 g/mol. The van der Waals surface area contributed by atoms with Crippen molar-refractivity contribution in [2.45, 2.75) is 49.8 Å². The summed E-state index contributed by atoms with van der Waals surface area (Å²) in [6.45, 7) is 2.81. The third-order valence-corrected chi connectivity index (χ3v) is 4.00. The second kappa shape index (κ2) is 7.40. The Morgan fingerprint density at radius 2 is 1.30 bits per heavy atom. The summed E-state index contributed by atoms with van der Waals surface area (Å²) in [5, 5.41) is 0. The summed E-state index contributed by atoms with van der Waals surface area (Å²) in [6.07, 6.45) is -8.98. The Morgan fingerprint density at radius 3 is 1.67 bits per heavy atom. The van der Waals surface area contributed by atoms with Crippen LogP contribution in [0.1, 0.15) is 25.8 Å². The molecule has 0 heterocycles. The molecule has 2 nitrogen and oxygen atoms in total. The van der Waals surface area contributed by atoms with E-state index in [1.54, 1.807) is 6.92 Å². The maximum Gasteiger partial charge on any atom is 0.460 e. The highest BCUT2D eigenvalue weighted by Gasteiger charge is 2.82. The van der Waals surface area contributed by atoms with Gasteiger partial charge in [-0.1, -0.05) is 12.1 Å². The van der Waals surface area contributed by atoms with Crippen molar-refractivity contribution in [3.8, 4) is 5.75 Å². The summed E-state index contributed by atoms with van der Waals surface area (Å²) in [5.74, 6) is -19.1. The lowest BCUT2D eigenvalue weighted by atomic mass is 9.86. The van der Waals surface area contributed by atoms with Crippen molar-refractivity contribution in [3.05, 3.63) is 29.8 Å². The standard InChI is InChI=1S/C16H17F9O2/c1-4-27-11-7-5-10(6-8-11)12(2,26-3)9-13(17,18)14(19,20)15(21,22)16(23,24)25/h5-8H,4,9H2,1-3H3. The van der Waals surface area contributed by atoms with Crippen molar-refractivity contribution in [2.75, 3.05) is 13.7 Å². The Bertz CT molecular complexity index is 626. The van der Waals surface area contributed by atoms with Gasteiger partial charge >= 0.3 is 23.9 Å². The quantitative estimate of drug-likeness (QED) is 0.502. The summed E-state index contributed by atoms with van der Waals surface area (Å²) in [5.41, 5.74) is -2.42. The van der Waals surface area contributed by atoms with Gasteiger partial charge in [-0.25, -0.2) is 0 Å². The number of alkyl halides is 9. The molecular formula is C16H17F9O2. The maximum atomic E-state index is 14.0. The molecule has 0 aliphatic rings. The number of methoxy groups -OCH3 is 1. The Labute approximate surface area is 149 Å². The van der Waals surface area contributed by atoms with E-state index in [1.807, 2.05) is 0 Å². The van der Waals surface area contributed by atoms with Crippen molar-refractivity contribution in [1.82, 2.24) is 0 Å². The van der Waals surface area contributed by atoms with Crippen LogP contribution in [0, 0.1) is 0 Å². The molecule has 1 aromatic carbocycles. The van der Waals surface area contributed by atoms with Gasteiger partial charge in [0.2, 0.25) is 0 Å². The van der Waals surface area contributed by atoms with Gasteiger partial charge in [0.15, 0.2) is 0 Å². The van der Waals surface area contributed by atoms with Gasteiger partial charge in [0.05, 0.1) is 18.6 Å². The second-order valence-corrected chi connectivity index (χ2v) is 5.92. The molecule has 0 saturated carbocycles. The van der Waals surface area contributed by atoms with Crippen LogP contribution in [0.5, 0.6) is 5.75 Å². The lowest BCUT2D eigenvalue weighted by molar-refractivity contribution is -0.400. The van der Waals surface area contributed by atoms with Gasteiger partial charge in [-0.05, 0) is 31.5 Å². The minimum absolute atomic E-state index is 0.140. The van der Waals surface area contributed by atoms with Crippen LogP contribution >= 0.6 is 0 Å². The minimum Gasteiger partial charge on any atom is -0.494 e. The van der Waals surface area contributed by atoms with Gasteiger partial charge in [-0.2, -0.15) is 39.5 Å². The largest absolute Gasteiger partial charge is 0.494 e. The van der Waals surface area contributed by atoms with Crippen molar-refractivity contribution in [1.29, 1.82) is 0 Å². The first-order valence-electron chi connectivity index (χ1n) is 7.54. The molecule has 0 amide bonds. The minimum atomic E-state index is -6.93. The highest BCUT2D eigenvalue weighted by Crippen LogP contribution is 2.56. The molecule has 0 aromatic heterocycles. The number of rotatable bonds is 8. The van der Waals surface area contributed by atoms with Gasteiger partial charge in [0, 0.05) is 7.11 Å². The van der Waals surface area contributed by atoms with Crippen LogP contribution in [0.2, 0.25) is 0 Å². The number of hydrogen-bond acceptors (Lipinski definition) is 2. The molecule has 0 aliphatic heterocycles. The van der Waals surface area contributed by atoms with Crippen LogP contribution in [0.3, 0.4) is 0 Å². The zero-order valence-electron chi connectivity index (χ0n) is 14.4. The molecule has 27 heavy (non-hydrogen) atoms. The average Bonchev–Trinajstić information content (AvgIpc) is 2.53. The fraction of sp³-hybridized carbons (Fsp3) is 0.625. The third-order valence-electron chi connectivity index (χ3n) is 4.00. The smallest absolute Gasteiger partial charge is 0.460 e. The van der Waals surface area contributed by atoms with Crippen molar-refractivity contribution >= 4 is 0 Å². The molecule has 1 rings (SSSR count). The maximum absolute atomic E-state index is 14.0. The molecule has 0 radical (unpaired) electrons. The van der Waals surface area contributed by atoms with E-state index in [1.165, 1.54) is 12.1 Å². The molecule has 0 fully saturated rings. The molecular weight excluding hydrogens is 395 g/mol. The number of hydrogen-bond donors (Lipinski definition) is 0. The first-order chi connectivity index (χ1) is 12.1. The molecule has 0 aliphatic carbocycles. The summed E-state index contributed by atoms with van der Waals surface area (Å²) in [6, 6.07) is 4.89. The lowest BCUT2D eigenvalue weighted by Gasteiger charge is -2.38. The molecule has 0 bridgehead atoms. The van der Waals surface area contributed by atoms with Crippen molar-refractivity contribution in [3.63, 3.8) is 0 Å². The Balaban J connectivity index is 3.26. The van der Waals surface area contributed by atoms with E-state index in [0.29, 0.717) is 5.75 Å². The molecule has 1 unspecified atom stereocenters. The van der Waals surface area contributed by atoms with E-state index in [9.17, 15) is 39.5 Å². The molecule has 1 atom stereocenters.